The van der Waals surface area contributed by atoms with Gasteiger partial charge in [-0.15, -0.1) is 0 Å². The van der Waals surface area contributed by atoms with E-state index in [1.165, 1.54) is 0 Å². The highest BCUT2D eigenvalue weighted by Gasteiger charge is 2.30. The molecule has 0 bridgehead atoms. The third-order valence-corrected chi connectivity index (χ3v) is 4.11. The van der Waals surface area contributed by atoms with Crippen molar-refractivity contribution in [2.75, 3.05) is 20.6 Å². The van der Waals surface area contributed by atoms with E-state index in [-0.39, 0.29) is 11.9 Å². The van der Waals surface area contributed by atoms with Crippen molar-refractivity contribution in [2.24, 2.45) is 5.73 Å². The molecule has 1 amide bonds. The molecule has 0 radical (unpaired) electrons. The molecule has 2 aromatic rings. The van der Waals surface area contributed by atoms with Crippen LogP contribution in [0, 0.1) is 0 Å². The summed E-state index contributed by atoms with van der Waals surface area (Å²) in [7, 11) is 4.01. The molecule has 2 atom stereocenters. The Morgan fingerprint density at radius 3 is 2.13 bits per heavy atom. The zero-order valence-electron chi connectivity index (χ0n) is 14.0. The van der Waals surface area contributed by atoms with Crippen LogP contribution in [0.15, 0.2) is 60.7 Å². The van der Waals surface area contributed by atoms with Gasteiger partial charge in [0, 0.05) is 6.54 Å². The molecule has 0 heterocycles. The lowest BCUT2D eigenvalue weighted by Crippen LogP contribution is -2.50. The largest absolute Gasteiger partial charge is 0.352 e. The van der Waals surface area contributed by atoms with Crippen LogP contribution in [0.2, 0.25) is 0 Å². The molecule has 0 aliphatic rings. The number of nitrogens with one attached hydrogen (secondary N) is 1. The van der Waals surface area contributed by atoms with Crippen LogP contribution in [-0.4, -0.2) is 31.4 Å². The molecular weight excluding hydrogens is 286 g/mol. The maximum atomic E-state index is 12.6. The minimum atomic E-state index is -1.05. The first-order valence-corrected chi connectivity index (χ1v) is 7.77. The van der Waals surface area contributed by atoms with Gasteiger partial charge in [-0.3, -0.25) is 4.79 Å². The number of nitrogens with zero attached hydrogens (tertiary/aromatic N) is 1. The average molecular weight is 311 g/mol. The van der Waals surface area contributed by atoms with Gasteiger partial charge in [0.2, 0.25) is 5.91 Å². The van der Waals surface area contributed by atoms with E-state index in [0.29, 0.717) is 6.54 Å². The second kappa shape index (κ2) is 7.40. The summed E-state index contributed by atoms with van der Waals surface area (Å²) < 4.78 is 0. The van der Waals surface area contributed by atoms with Gasteiger partial charge in [-0.25, -0.2) is 0 Å². The lowest BCUT2D eigenvalue weighted by Gasteiger charge is -2.28. The lowest BCUT2D eigenvalue weighted by atomic mass is 9.92. The Bertz CT molecular complexity index is 624. The normalized spacial score (nSPS) is 15.0. The Morgan fingerprint density at radius 1 is 1.09 bits per heavy atom. The lowest BCUT2D eigenvalue weighted by molar-refractivity contribution is -0.126. The summed E-state index contributed by atoms with van der Waals surface area (Å²) in [5, 5.41) is 3.00. The highest BCUT2D eigenvalue weighted by atomic mass is 16.2. The zero-order chi connectivity index (χ0) is 16.9. The molecule has 4 nitrogen and oxygen atoms in total. The van der Waals surface area contributed by atoms with Crippen molar-refractivity contribution < 1.29 is 4.79 Å². The molecule has 2 rings (SSSR count). The van der Waals surface area contributed by atoms with E-state index >= 15 is 0 Å². The van der Waals surface area contributed by atoms with Gasteiger partial charge in [0.05, 0.1) is 6.04 Å². The molecule has 4 heteroatoms. The maximum absolute atomic E-state index is 12.6. The molecule has 0 aromatic heterocycles. The summed E-state index contributed by atoms with van der Waals surface area (Å²) in [6.07, 6.45) is 0. The molecular formula is C19H25N3O. The Kier molecular flexibility index (Phi) is 5.53. The fourth-order valence-corrected chi connectivity index (χ4v) is 2.56. The molecule has 0 fully saturated rings. The zero-order valence-corrected chi connectivity index (χ0v) is 14.0. The summed E-state index contributed by atoms with van der Waals surface area (Å²) in [5.74, 6) is -0.175. The number of carbonyl (C=O) groups is 1. The van der Waals surface area contributed by atoms with Gasteiger partial charge in [-0.05, 0) is 32.1 Å². The SMILES string of the molecule is CN(C)C(CNC(=O)C(C)(N)c1ccccc1)c1ccccc1. The van der Waals surface area contributed by atoms with Crippen molar-refractivity contribution in [3.05, 3.63) is 71.8 Å². The summed E-state index contributed by atoms with van der Waals surface area (Å²) in [6, 6.07) is 19.7. The molecule has 0 spiro atoms. The number of rotatable bonds is 6. The topological polar surface area (TPSA) is 58.4 Å². The molecule has 0 aliphatic carbocycles. The number of hydrogen-bond donors (Lipinski definition) is 2. The molecule has 0 aliphatic heterocycles. The Balaban J connectivity index is 2.07. The summed E-state index contributed by atoms with van der Waals surface area (Å²) in [4.78, 5) is 14.7. The third kappa shape index (κ3) is 4.18. The van der Waals surface area contributed by atoms with Crippen LogP contribution in [0.5, 0.6) is 0 Å². The highest BCUT2D eigenvalue weighted by molar-refractivity contribution is 5.87. The van der Waals surface area contributed by atoms with Gasteiger partial charge in [0.15, 0.2) is 0 Å². The number of carbonyl (C=O) groups excluding carboxylic acids is 1. The minimum absolute atomic E-state index is 0.103. The predicted molar refractivity (Wildman–Crippen MR) is 93.9 cm³/mol. The quantitative estimate of drug-likeness (QED) is 0.860. The van der Waals surface area contributed by atoms with E-state index < -0.39 is 5.54 Å². The minimum Gasteiger partial charge on any atom is -0.352 e. The Labute approximate surface area is 138 Å². The van der Waals surface area contributed by atoms with Crippen LogP contribution in [-0.2, 0) is 10.3 Å². The van der Waals surface area contributed by atoms with E-state index in [9.17, 15) is 4.79 Å². The van der Waals surface area contributed by atoms with E-state index in [1.54, 1.807) is 6.92 Å². The summed E-state index contributed by atoms with van der Waals surface area (Å²) in [6.45, 7) is 2.25. The first-order chi connectivity index (χ1) is 10.9. The number of amides is 1. The van der Waals surface area contributed by atoms with Crippen LogP contribution in [0.3, 0.4) is 0 Å². The number of likely N-dealkylation sites (N-methyl/N-ethyl adjacent to an activating group) is 1. The second-order valence-corrected chi connectivity index (χ2v) is 6.17. The fraction of sp³-hybridized carbons (Fsp3) is 0.316. The van der Waals surface area contributed by atoms with E-state index in [2.05, 4.69) is 22.3 Å². The van der Waals surface area contributed by atoms with Crippen molar-refractivity contribution in [3.63, 3.8) is 0 Å². The molecule has 122 valence electrons. The maximum Gasteiger partial charge on any atom is 0.244 e. The summed E-state index contributed by atoms with van der Waals surface area (Å²) >= 11 is 0. The molecule has 0 saturated heterocycles. The Morgan fingerprint density at radius 2 is 1.61 bits per heavy atom. The summed E-state index contributed by atoms with van der Waals surface area (Å²) in [5.41, 5.74) is 7.18. The Hall–Kier alpha value is -2.17. The van der Waals surface area contributed by atoms with E-state index in [0.717, 1.165) is 11.1 Å². The van der Waals surface area contributed by atoms with Crippen LogP contribution in [0.1, 0.15) is 24.1 Å². The molecule has 2 aromatic carbocycles. The van der Waals surface area contributed by atoms with Crippen LogP contribution >= 0.6 is 0 Å². The van der Waals surface area contributed by atoms with Crippen molar-refractivity contribution in [2.45, 2.75) is 18.5 Å². The van der Waals surface area contributed by atoms with Crippen LogP contribution in [0.25, 0.3) is 0 Å². The second-order valence-electron chi connectivity index (χ2n) is 6.17. The number of benzene rings is 2. The van der Waals surface area contributed by atoms with Gasteiger partial charge in [0.25, 0.3) is 0 Å². The standard InChI is InChI=1S/C19H25N3O/c1-19(20,16-12-8-5-9-13-16)18(23)21-14-17(22(2)3)15-10-6-4-7-11-15/h4-13,17H,14,20H2,1-3H3,(H,21,23). The first kappa shape index (κ1) is 17.2. The van der Waals surface area contributed by atoms with Gasteiger partial charge in [-0.2, -0.15) is 0 Å². The van der Waals surface area contributed by atoms with Crippen molar-refractivity contribution in [1.82, 2.24) is 10.2 Å². The number of nitrogens with two attached hydrogens (primary N) is 1. The van der Waals surface area contributed by atoms with Crippen molar-refractivity contribution in [3.8, 4) is 0 Å². The fourth-order valence-electron chi connectivity index (χ4n) is 2.56. The van der Waals surface area contributed by atoms with Crippen molar-refractivity contribution in [1.29, 1.82) is 0 Å². The molecule has 2 unspecified atom stereocenters. The molecule has 23 heavy (non-hydrogen) atoms. The van der Waals surface area contributed by atoms with E-state index in [4.69, 9.17) is 5.73 Å². The van der Waals surface area contributed by atoms with Crippen LogP contribution in [0.4, 0.5) is 0 Å². The smallest absolute Gasteiger partial charge is 0.244 e. The van der Waals surface area contributed by atoms with Gasteiger partial charge in [-0.1, -0.05) is 60.7 Å². The van der Waals surface area contributed by atoms with Gasteiger partial charge in [0.1, 0.15) is 5.54 Å². The number of hydrogen-bond acceptors (Lipinski definition) is 3. The van der Waals surface area contributed by atoms with Gasteiger partial charge < -0.3 is 16.0 Å². The molecule has 3 N–H and O–H groups in total. The van der Waals surface area contributed by atoms with E-state index in [1.807, 2.05) is 62.6 Å². The van der Waals surface area contributed by atoms with Crippen LogP contribution < -0.4 is 11.1 Å². The monoisotopic (exact) mass is 311 g/mol. The third-order valence-electron chi connectivity index (χ3n) is 4.11. The predicted octanol–water partition coefficient (Wildman–Crippen LogP) is 2.28. The highest BCUT2D eigenvalue weighted by Crippen LogP contribution is 2.20. The van der Waals surface area contributed by atoms with Gasteiger partial charge >= 0.3 is 0 Å². The molecule has 0 saturated carbocycles. The average Bonchev–Trinajstić information content (AvgIpc) is 2.56. The van der Waals surface area contributed by atoms with Crippen molar-refractivity contribution >= 4 is 5.91 Å². The first-order valence-electron chi connectivity index (χ1n) is 7.77.